The van der Waals surface area contributed by atoms with Gasteiger partial charge in [0.05, 0.1) is 6.61 Å². The number of unbranched alkanes of at least 4 members (excludes halogenated alkanes) is 12. The van der Waals surface area contributed by atoms with Gasteiger partial charge in [-0.3, -0.25) is 0 Å². The molecule has 0 radical (unpaired) electrons. The second-order valence-electron chi connectivity index (χ2n) is 8.12. The van der Waals surface area contributed by atoms with Crippen molar-refractivity contribution in [3.8, 4) is 11.5 Å². The van der Waals surface area contributed by atoms with Crippen molar-refractivity contribution in [2.45, 2.75) is 103 Å². The van der Waals surface area contributed by atoms with Gasteiger partial charge in [0, 0.05) is 6.61 Å². The SMILES string of the molecule is CCCCCCCCC=CCCCCCCCCOCCc1ccc(O)c(O)c1. The number of hydrogen-bond donors (Lipinski definition) is 2. The summed E-state index contributed by atoms with van der Waals surface area (Å²) in [5.74, 6) is -0.130. The zero-order valence-corrected chi connectivity index (χ0v) is 18.7. The molecular formula is C26H44O3. The zero-order valence-electron chi connectivity index (χ0n) is 18.7. The van der Waals surface area contributed by atoms with Gasteiger partial charge in [-0.1, -0.05) is 82.9 Å². The molecule has 0 aliphatic rings. The van der Waals surface area contributed by atoms with E-state index >= 15 is 0 Å². The highest BCUT2D eigenvalue weighted by molar-refractivity contribution is 5.40. The van der Waals surface area contributed by atoms with E-state index in [1.165, 1.54) is 89.5 Å². The number of aromatic hydroxyl groups is 2. The Morgan fingerprint density at radius 3 is 1.90 bits per heavy atom. The first kappa shape index (κ1) is 25.6. The lowest BCUT2D eigenvalue weighted by Gasteiger charge is -2.06. The highest BCUT2D eigenvalue weighted by atomic mass is 16.5. The van der Waals surface area contributed by atoms with Crippen LogP contribution in [0.1, 0.15) is 102 Å². The molecule has 166 valence electrons. The van der Waals surface area contributed by atoms with Crippen LogP contribution < -0.4 is 0 Å². The molecule has 0 amide bonds. The Morgan fingerprint density at radius 2 is 1.28 bits per heavy atom. The average molecular weight is 405 g/mol. The molecule has 29 heavy (non-hydrogen) atoms. The van der Waals surface area contributed by atoms with Gasteiger partial charge in [0.2, 0.25) is 0 Å². The quantitative estimate of drug-likeness (QED) is 0.141. The van der Waals surface area contributed by atoms with E-state index in [1.807, 2.05) is 6.07 Å². The van der Waals surface area contributed by atoms with Crippen molar-refractivity contribution in [1.82, 2.24) is 0 Å². The zero-order chi connectivity index (χ0) is 21.0. The van der Waals surface area contributed by atoms with Gasteiger partial charge in [-0.15, -0.1) is 0 Å². The van der Waals surface area contributed by atoms with Crippen LogP contribution in [0.15, 0.2) is 30.4 Å². The summed E-state index contributed by atoms with van der Waals surface area (Å²) in [6, 6.07) is 4.95. The van der Waals surface area contributed by atoms with Crippen LogP contribution in [-0.2, 0) is 11.2 Å². The maximum atomic E-state index is 9.46. The minimum absolute atomic E-state index is 0.0594. The molecule has 3 nitrogen and oxygen atoms in total. The smallest absolute Gasteiger partial charge is 0.157 e. The second-order valence-corrected chi connectivity index (χ2v) is 8.12. The molecule has 0 saturated heterocycles. The largest absolute Gasteiger partial charge is 0.504 e. The number of rotatable bonds is 19. The first-order valence-corrected chi connectivity index (χ1v) is 12.0. The molecule has 3 heteroatoms. The number of phenolic OH excluding ortho intramolecular Hbond substituents is 2. The Hall–Kier alpha value is -1.48. The van der Waals surface area contributed by atoms with Crippen LogP contribution in [0.2, 0.25) is 0 Å². The van der Waals surface area contributed by atoms with Gasteiger partial charge in [0.25, 0.3) is 0 Å². The summed E-state index contributed by atoms with van der Waals surface area (Å²) in [4.78, 5) is 0. The molecule has 0 bridgehead atoms. The van der Waals surface area contributed by atoms with Crippen LogP contribution in [0.5, 0.6) is 11.5 Å². The number of phenols is 2. The van der Waals surface area contributed by atoms with Crippen molar-refractivity contribution in [1.29, 1.82) is 0 Å². The first-order valence-electron chi connectivity index (χ1n) is 12.0. The van der Waals surface area contributed by atoms with Gasteiger partial charge in [0.1, 0.15) is 0 Å². The molecule has 1 rings (SSSR count). The molecule has 0 aliphatic heterocycles. The molecule has 1 aromatic carbocycles. The Kier molecular flexibility index (Phi) is 16.3. The minimum Gasteiger partial charge on any atom is -0.504 e. The molecule has 1 aromatic rings. The molecule has 0 spiro atoms. The van der Waals surface area contributed by atoms with Crippen LogP contribution in [-0.4, -0.2) is 23.4 Å². The molecule has 0 unspecified atom stereocenters. The van der Waals surface area contributed by atoms with Crippen LogP contribution in [0.25, 0.3) is 0 Å². The summed E-state index contributed by atoms with van der Waals surface area (Å²) in [5.41, 5.74) is 0.987. The van der Waals surface area contributed by atoms with E-state index in [1.54, 1.807) is 6.07 Å². The predicted octanol–water partition coefficient (Wildman–Crippen LogP) is 7.69. The van der Waals surface area contributed by atoms with Crippen molar-refractivity contribution in [2.75, 3.05) is 13.2 Å². The van der Waals surface area contributed by atoms with Gasteiger partial charge >= 0.3 is 0 Å². The monoisotopic (exact) mass is 404 g/mol. The predicted molar refractivity (Wildman–Crippen MR) is 124 cm³/mol. The maximum absolute atomic E-state index is 9.46. The van der Waals surface area contributed by atoms with Crippen LogP contribution in [0.3, 0.4) is 0 Å². The number of hydrogen-bond acceptors (Lipinski definition) is 3. The lowest BCUT2D eigenvalue weighted by Crippen LogP contribution is -2.00. The normalized spacial score (nSPS) is 11.5. The molecule has 0 saturated carbocycles. The topological polar surface area (TPSA) is 49.7 Å². The average Bonchev–Trinajstić information content (AvgIpc) is 2.72. The number of ether oxygens (including phenoxy) is 1. The highest BCUT2D eigenvalue weighted by Gasteiger charge is 2.00. The fraction of sp³-hybridized carbons (Fsp3) is 0.692. The van der Waals surface area contributed by atoms with E-state index in [0.29, 0.717) is 6.61 Å². The van der Waals surface area contributed by atoms with Crippen molar-refractivity contribution in [3.05, 3.63) is 35.9 Å². The lowest BCUT2D eigenvalue weighted by atomic mass is 10.1. The summed E-state index contributed by atoms with van der Waals surface area (Å²) in [7, 11) is 0. The summed E-state index contributed by atoms with van der Waals surface area (Å²) in [6.45, 7) is 3.74. The fourth-order valence-corrected chi connectivity index (χ4v) is 3.47. The Morgan fingerprint density at radius 1 is 0.690 bits per heavy atom. The molecule has 0 aliphatic carbocycles. The number of allylic oxidation sites excluding steroid dienone is 2. The lowest BCUT2D eigenvalue weighted by molar-refractivity contribution is 0.132. The maximum Gasteiger partial charge on any atom is 0.157 e. The van der Waals surface area contributed by atoms with Crippen LogP contribution in [0.4, 0.5) is 0 Å². The summed E-state index contributed by atoms with van der Waals surface area (Å²) in [6.07, 6.45) is 24.0. The second kappa shape index (κ2) is 18.5. The molecule has 0 heterocycles. The molecule has 0 atom stereocenters. The highest BCUT2D eigenvalue weighted by Crippen LogP contribution is 2.25. The van der Waals surface area contributed by atoms with E-state index < -0.39 is 0 Å². The molecule has 2 N–H and O–H groups in total. The Balaban J connectivity index is 1.78. The third-order valence-corrected chi connectivity index (χ3v) is 5.38. The van der Waals surface area contributed by atoms with E-state index in [2.05, 4.69) is 19.1 Å². The Bertz CT molecular complexity index is 525. The van der Waals surface area contributed by atoms with Crippen LogP contribution in [0, 0.1) is 0 Å². The third-order valence-electron chi connectivity index (χ3n) is 5.38. The van der Waals surface area contributed by atoms with Crippen molar-refractivity contribution >= 4 is 0 Å². The molecular weight excluding hydrogens is 360 g/mol. The fourth-order valence-electron chi connectivity index (χ4n) is 3.47. The van der Waals surface area contributed by atoms with Crippen molar-refractivity contribution in [3.63, 3.8) is 0 Å². The standard InChI is InChI=1S/C26H44O3/c1-2-3-4-5-6-7-8-9-10-11-12-13-14-15-16-17-21-29-22-20-24-18-19-25(27)26(28)23-24/h9-10,18-19,23,27-28H,2-8,11-17,20-22H2,1H3. The van der Waals surface area contributed by atoms with Crippen molar-refractivity contribution < 1.29 is 14.9 Å². The summed E-state index contributed by atoms with van der Waals surface area (Å²) >= 11 is 0. The van der Waals surface area contributed by atoms with E-state index in [4.69, 9.17) is 4.74 Å². The summed E-state index contributed by atoms with van der Waals surface area (Å²) in [5, 5.41) is 18.8. The van der Waals surface area contributed by atoms with Crippen molar-refractivity contribution in [2.24, 2.45) is 0 Å². The minimum atomic E-state index is -0.0705. The Labute approximate surface area is 179 Å². The summed E-state index contributed by atoms with van der Waals surface area (Å²) < 4.78 is 5.67. The third kappa shape index (κ3) is 15.1. The van der Waals surface area contributed by atoms with Gasteiger partial charge in [-0.05, 0) is 56.2 Å². The molecule has 0 aromatic heterocycles. The van der Waals surface area contributed by atoms with Gasteiger partial charge in [-0.2, -0.15) is 0 Å². The van der Waals surface area contributed by atoms with E-state index in [-0.39, 0.29) is 11.5 Å². The van der Waals surface area contributed by atoms with Crippen LogP contribution >= 0.6 is 0 Å². The first-order chi connectivity index (χ1) is 14.2. The number of benzene rings is 1. The van der Waals surface area contributed by atoms with Gasteiger partial charge < -0.3 is 14.9 Å². The van der Waals surface area contributed by atoms with Gasteiger partial charge in [0.15, 0.2) is 11.5 Å². The molecule has 0 fully saturated rings. The van der Waals surface area contributed by atoms with E-state index in [0.717, 1.165) is 25.0 Å². The van der Waals surface area contributed by atoms with Gasteiger partial charge in [-0.25, -0.2) is 0 Å². The van der Waals surface area contributed by atoms with E-state index in [9.17, 15) is 10.2 Å².